The number of fused-ring (bicyclic) bond motifs is 1. The highest BCUT2D eigenvalue weighted by molar-refractivity contribution is 5.80. The number of carbonyl (C=O) groups excluding carboxylic acids is 1. The van der Waals surface area contributed by atoms with Crippen molar-refractivity contribution in [1.82, 2.24) is 19.9 Å². The molecule has 5 heteroatoms. The number of nitrogens with zero attached hydrogens (tertiary/aromatic N) is 3. The van der Waals surface area contributed by atoms with Crippen molar-refractivity contribution < 1.29 is 4.79 Å². The molecule has 1 aliphatic rings. The molecule has 4 heterocycles. The molecule has 5 nitrogen and oxygen atoms in total. The number of hydrogen-bond acceptors (Lipinski definition) is 3. The molecule has 0 bridgehead atoms. The van der Waals surface area contributed by atoms with Gasteiger partial charge in [-0.1, -0.05) is 6.07 Å². The maximum absolute atomic E-state index is 12.5. The van der Waals surface area contributed by atoms with E-state index in [1.807, 2.05) is 29.3 Å². The van der Waals surface area contributed by atoms with E-state index < -0.39 is 0 Å². The van der Waals surface area contributed by atoms with E-state index in [0.29, 0.717) is 12.3 Å². The Morgan fingerprint density at radius 1 is 1.21 bits per heavy atom. The van der Waals surface area contributed by atoms with Crippen LogP contribution >= 0.6 is 0 Å². The quantitative estimate of drug-likeness (QED) is 0.807. The third kappa shape index (κ3) is 2.89. The summed E-state index contributed by atoms with van der Waals surface area (Å²) >= 11 is 0. The van der Waals surface area contributed by atoms with Crippen LogP contribution in [0.4, 0.5) is 0 Å². The lowest BCUT2D eigenvalue weighted by atomic mass is 9.90. The van der Waals surface area contributed by atoms with Gasteiger partial charge in [0.1, 0.15) is 0 Å². The zero-order valence-electron chi connectivity index (χ0n) is 13.5. The molecule has 1 saturated heterocycles. The Morgan fingerprint density at radius 2 is 2.04 bits per heavy atom. The van der Waals surface area contributed by atoms with Crippen LogP contribution in [0.1, 0.15) is 29.9 Å². The smallest absolute Gasteiger partial charge is 0.227 e. The van der Waals surface area contributed by atoms with Gasteiger partial charge in [-0.3, -0.25) is 14.8 Å². The van der Waals surface area contributed by atoms with E-state index >= 15 is 0 Å². The maximum atomic E-state index is 12.5. The molecule has 122 valence electrons. The third-order valence-corrected chi connectivity index (χ3v) is 4.83. The van der Waals surface area contributed by atoms with Crippen LogP contribution in [0.5, 0.6) is 0 Å². The summed E-state index contributed by atoms with van der Waals surface area (Å²) in [5.41, 5.74) is 4.41. The number of pyridine rings is 2. The highest BCUT2D eigenvalue weighted by Gasteiger charge is 2.25. The van der Waals surface area contributed by atoms with Gasteiger partial charge in [-0.05, 0) is 48.1 Å². The monoisotopic (exact) mass is 320 g/mol. The Balaban J connectivity index is 1.41. The lowest BCUT2D eigenvalue weighted by molar-refractivity contribution is -0.131. The minimum atomic E-state index is 0.193. The van der Waals surface area contributed by atoms with Gasteiger partial charge in [-0.2, -0.15) is 0 Å². The van der Waals surface area contributed by atoms with Crippen molar-refractivity contribution in [3.63, 3.8) is 0 Å². The van der Waals surface area contributed by atoms with Crippen molar-refractivity contribution in [2.24, 2.45) is 0 Å². The lowest BCUT2D eigenvalue weighted by Gasteiger charge is -2.32. The number of amides is 1. The van der Waals surface area contributed by atoms with E-state index in [9.17, 15) is 4.79 Å². The molecule has 0 aromatic carbocycles. The van der Waals surface area contributed by atoms with Crippen LogP contribution in [0.3, 0.4) is 0 Å². The first-order chi connectivity index (χ1) is 11.8. The molecule has 4 rings (SSSR count). The Labute approximate surface area is 140 Å². The van der Waals surface area contributed by atoms with Crippen molar-refractivity contribution in [1.29, 1.82) is 0 Å². The van der Waals surface area contributed by atoms with Crippen LogP contribution in [0.25, 0.3) is 11.0 Å². The highest BCUT2D eigenvalue weighted by Crippen LogP contribution is 2.32. The van der Waals surface area contributed by atoms with Gasteiger partial charge in [0.25, 0.3) is 0 Å². The number of aromatic amines is 1. The van der Waals surface area contributed by atoms with E-state index in [0.717, 1.165) is 42.5 Å². The molecule has 1 aliphatic heterocycles. The number of aromatic nitrogens is 3. The summed E-state index contributed by atoms with van der Waals surface area (Å²) in [4.78, 5) is 26.3. The van der Waals surface area contributed by atoms with E-state index in [1.165, 1.54) is 5.56 Å². The van der Waals surface area contributed by atoms with Gasteiger partial charge < -0.3 is 9.88 Å². The second kappa shape index (κ2) is 6.43. The van der Waals surface area contributed by atoms with Gasteiger partial charge in [0.15, 0.2) is 0 Å². The Hall–Kier alpha value is -2.69. The van der Waals surface area contributed by atoms with Crippen LogP contribution in [-0.2, 0) is 11.2 Å². The average Bonchev–Trinajstić information content (AvgIpc) is 3.07. The standard InChI is InChI=1S/C19H20N4O/c24-18(11-14-3-1-7-20-12-14)23-9-5-15(6-10-23)16-13-22-17-4-2-8-21-19(16)17/h1-4,7-8,12-13,15,22H,5-6,9-11H2. The zero-order valence-corrected chi connectivity index (χ0v) is 13.5. The SMILES string of the molecule is O=C(Cc1cccnc1)N1CCC(c2c[nH]c3cccnc23)CC1. The second-order valence-corrected chi connectivity index (χ2v) is 6.34. The average molecular weight is 320 g/mol. The number of H-pyrrole nitrogens is 1. The molecule has 1 amide bonds. The van der Waals surface area contributed by atoms with Crippen molar-refractivity contribution in [2.45, 2.75) is 25.2 Å². The molecule has 3 aromatic rings. The van der Waals surface area contributed by atoms with Gasteiger partial charge in [-0.15, -0.1) is 0 Å². The van der Waals surface area contributed by atoms with E-state index in [-0.39, 0.29) is 5.91 Å². The topological polar surface area (TPSA) is 61.9 Å². The van der Waals surface area contributed by atoms with Gasteiger partial charge in [0.05, 0.1) is 17.5 Å². The summed E-state index contributed by atoms with van der Waals surface area (Å²) < 4.78 is 0. The summed E-state index contributed by atoms with van der Waals surface area (Å²) in [6.45, 7) is 1.62. The third-order valence-electron chi connectivity index (χ3n) is 4.83. The number of piperidine rings is 1. The molecule has 0 radical (unpaired) electrons. The number of hydrogen-bond donors (Lipinski definition) is 1. The summed E-state index contributed by atoms with van der Waals surface area (Å²) in [6.07, 6.45) is 9.83. The first kappa shape index (κ1) is 14.9. The molecule has 0 atom stereocenters. The van der Waals surface area contributed by atoms with Crippen LogP contribution in [0, 0.1) is 0 Å². The Bertz CT molecular complexity index is 835. The largest absolute Gasteiger partial charge is 0.360 e. The molecule has 0 unspecified atom stereocenters. The molecule has 1 N–H and O–H groups in total. The minimum Gasteiger partial charge on any atom is -0.360 e. The first-order valence-electron chi connectivity index (χ1n) is 8.40. The van der Waals surface area contributed by atoms with E-state index in [4.69, 9.17) is 0 Å². The number of likely N-dealkylation sites (tertiary alicyclic amines) is 1. The van der Waals surface area contributed by atoms with Crippen molar-refractivity contribution >= 4 is 16.9 Å². The van der Waals surface area contributed by atoms with Crippen LogP contribution in [0.15, 0.2) is 49.1 Å². The first-order valence-corrected chi connectivity index (χ1v) is 8.40. The van der Waals surface area contributed by atoms with E-state index in [2.05, 4.69) is 27.2 Å². The molecule has 24 heavy (non-hydrogen) atoms. The fraction of sp³-hybridized carbons (Fsp3) is 0.316. The lowest BCUT2D eigenvalue weighted by Crippen LogP contribution is -2.38. The van der Waals surface area contributed by atoms with Crippen LogP contribution in [0.2, 0.25) is 0 Å². The van der Waals surface area contributed by atoms with Crippen molar-refractivity contribution in [3.05, 3.63) is 60.2 Å². The highest BCUT2D eigenvalue weighted by atomic mass is 16.2. The van der Waals surface area contributed by atoms with Gasteiger partial charge >= 0.3 is 0 Å². The number of rotatable bonds is 3. The molecule has 0 aliphatic carbocycles. The molecular formula is C19H20N4O. The van der Waals surface area contributed by atoms with Gasteiger partial charge in [-0.25, -0.2) is 0 Å². The second-order valence-electron chi connectivity index (χ2n) is 6.34. The Morgan fingerprint density at radius 3 is 2.83 bits per heavy atom. The predicted molar refractivity (Wildman–Crippen MR) is 92.6 cm³/mol. The van der Waals surface area contributed by atoms with Crippen LogP contribution < -0.4 is 0 Å². The number of nitrogens with one attached hydrogen (secondary N) is 1. The van der Waals surface area contributed by atoms with Gasteiger partial charge in [0, 0.05) is 37.9 Å². The van der Waals surface area contributed by atoms with E-state index in [1.54, 1.807) is 12.4 Å². The maximum Gasteiger partial charge on any atom is 0.227 e. The summed E-state index contributed by atoms with van der Waals surface area (Å²) in [5.74, 6) is 0.662. The van der Waals surface area contributed by atoms with Crippen molar-refractivity contribution in [2.75, 3.05) is 13.1 Å². The molecular weight excluding hydrogens is 300 g/mol. The fourth-order valence-electron chi connectivity index (χ4n) is 3.52. The van der Waals surface area contributed by atoms with Crippen molar-refractivity contribution in [3.8, 4) is 0 Å². The summed E-state index contributed by atoms with van der Waals surface area (Å²) in [7, 11) is 0. The predicted octanol–water partition coefficient (Wildman–Crippen LogP) is 2.91. The summed E-state index contributed by atoms with van der Waals surface area (Å²) in [5, 5.41) is 0. The number of carbonyl (C=O) groups is 1. The fourth-order valence-corrected chi connectivity index (χ4v) is 3.52. The molecule has 0 spiro atoms. The normalized spacial score (nSPS) is 15.8. The Kier molecular flexibility index (Phi) is 3.99. The summed E-state index contributed by atoms with van der Waals surface area (Å²) in [6, 6.07) is 7.83. The molecule has 0 saturated carbocycles. The molecule has 1 fully saturated rings. The zero-order chi connectivity index (χ0) is 16.4. The van der Waals surface area contributed by atoms with Crippen LogP contribution in [-0.4, -0.2) is 38.8 Å². The molecule has 3 aromatic heterocycles. The van der Waals surface area contributed by atoms with Gasteiger partial charge in [0.2, 0.25) is 5.91 Å². The minimum absolute atomic E-state index is 0.193.